The predicted molar refractivity (Wildman–Crippen MR) is 118 cm³/mol. The van der Waals surface area contributed by atoms with Crippen LogP contribution in [0.2, 0.25) is 0 Å². The van der Waals surface area contributed by atoms with Crippen LogP contribution in [0.1, 0.15) is 11.3 Å². The quantitative estimate of drug-likeness (QED) is 0.344. The summed E-state index contributed by atoms with van der Waals surface area (Å²) in [7, 11) is 1.55. The number of hydrogen-bond donors (Lipinski definition) is 1. The van der Waals surface area contributed by atoms with E-state index in [2.05, 4.69) is 24.4 Å². The van der Waals surface area contributed by atoms with Gasteiger partial charge < -0.3 is 23.9 Å². The van der Waals surface area contributed by atoms with Gasteiger partial charge in [-0.25, -0.2) is 4.98 Å². The number of imidazole rings is 1. The fourth-order valence-electron chi connectivity index (χ4n) is 3.30. The SMILES string of the molecule is COc1cc(CSc2nc3cc4c(cc3[nH]2)OC(F)C(F)(F)O4)ncc1OCc1ccccc1. The van der Waals surface area contributed by atoms with E-state index in [1.54, 1.807) is 19.4 Å². The van der Waals surface area contributed by atoms with Crippen LogP contribution in [0, 0.1) is 0 Å². The molecule has 1 aliphatic heterocycles. The van der Waals surface area contributed by atoms with E-state index in [0.29, 0.717) is 40.0 Å². The van der Waals surface area contributed by atoms with Crippen molar-refractivity contribution in [1.29, 1.82) is 0 Å². The molecule has 2 aromatic carbocycles. The second-order valence-electron chi connectivity index (χ2n) is 7.35. The third-order valence-corrected chi connectivity index (χ3v) is 5.88. The maximum Gasteiger partial charge on any atom is 0.468 e. The molecule has 0 fully saturated rings. The van der Waals surface area contributed by atoms with Gasteiger partial charge in [-0.1, -0.05) is 42.1 Å². The van der Waals surface area contributed by atoms with E-state index in [-0.39, 0.29) is 11.5 Å². The molecule has 0 spiro atoms. The number of halogens is 3. The number of pyridine rings is 1. The molecule has 0 saturated heterocycles. The second-order valence-corrected chi connectivity index (χ2v) is 8.31. The number of nitrogens with one attached hydrogen (secondary N) is 1. The van der Waals surface area contributed by atoms with Crippen LogP contribution in [0.5, 0.6) is 23.0 Å². The molecule has 0 aliphatic carbocycles. The van der Waals surface area contributed by atoms with Gasteiger partial charge in [0.2, 0.25) is 0 Å². The van der Waals surface area contributed by atoms with Crippen LogP contribution in [0.4, 0.5) is 13.2 Å². The lowest BCUT2D eigenvalue weighted by Crippen LogP contribution is -2.43. The monoisotopic (exact) mass is 489 g/mol. The van der Waals surface area contributed by atoms with Gasteiger partial charge in [0.1, 0.15) is 6.61 Å². The molecule has 4 aromatic rings. The van der Waals surface area contributed by atoms with E-state index in [9.17, 15) is 13.2 Å². The molecule has 0 bridgehead atoms. The van der Waals surface area contributed by atoms with Gasteiger partial charge >= 0.3 is 12.5 Å². The standard InChI is InChI=1S/C23H18F3N3O4S/c1-30-17-7-14(27-10-20(17)31-11-13-5-3-2-4-6-13)12-34-22-28-15-8-18-19(9-16(15)29-22)33-23(25,26)21(24)32-18/h2-10,21H,11-12H2,1H3,(H,28,29). The first-order valence-corrected chi connectivity index (χ1v) is 11.1. The zero-order valence-electron chi connectivity index (χ0n) is 17.8. The Hall–Kier alpha value is -3.60. The summed E-state index contributed by atoms with van der Waals surface area (Å²) in [5, 5.41) is 0.520. The maximum atomic E-state index is 13.4. The van der Waals surface area contributed by atoms with Gasteiger partial charge in [-0.2, -0.15) is 13.2 Å². The number of aromatic nitrogens is 3. The van der Waals surface area contributed by atoms with Crippen molar-refractivity contribution >= 4 is 22.8 Å². The van der Waals surface area contributed by atoms with E-state index in [1.165, 1.54) is 23.9 Å². The molecule has 1 unspecified atom stereocenters. The fourth-order valence-corrected chi connectivity index (χ4v) is 4.08. The Bertz CT molecular complexity index is 1320. The molecular weight excluding hydrogens is 471 g/mol. The average molecular weight is 489 g/mol. The molecule has 5 rings (SSSR count). The van der Waals surface area contributed by atoms with Crippen molar-refractivity contribution in [1.82, 2.24) is 15.0 Å². The van der Waals surface area contributed by atoms with Gasteiger partial charge in [-0.3, -0.25) is 4.98 Å². The van der Waals surface area contributed by atoms with E-state index in [0.717, 1.165) is 11.3 Å². The summed E-state index contributed by atoms with van der Waals surface area (Å²) >= 11 is 1.35. The lowest BCUT2D eigenvalue weighted by Gasteiger charge is -2.28. The molecule has 7 nitrogen and oxygen atoms in total. The molecular formula is C23H18F3N3O4S. The van der Waals surface area contributed by atoms with Crippen LogP contribution in [-0.4, -0.2) is 34.5 Å². The summed E-state index contributed by atoms with van der Waals surface area (Å²) in [5.41, 5.74) is 2.63. The van der Waals surface area contributed by atoms with Crippen molar-refractivity contribution in [2.24, 2.45) is 0 Å². The molecule has 1 aliphatic rings. The van der Waals surface area contributed by atoms with Crippen LogP contribution in [0.15, 0.2) is 59.9 Å². The summed E-state index contributed by atoms with van der Waals surface area (Å²) in [5.74, 6) is 1.13. The van der Waals surface area contributed by atoms with Gasteiger partial charge in [0.25, 0.3) is 0 Å². The van der Waals surface area contributed by atoms with E-state index in [4.69, 9.17) is 9.47 Å². The van der Waals surface area contributed by atoms with Crippen LogP contribution in [0.3, 0.4) is 0 Å². The minimum Gasteiger partial charge on any atom is -0.493 e. The topological polar surface area (TPSA) is 78.5 Å². The number of thioether (sulfide) groups is 1. The van der Waals surface area contributed by atoms with Crippen molar-refractivity contribution in [3.05, 3.63) is 66.0 Å². The van der Waals surface area contributed by atoms with Crippen LogP contribution >= 0.6 is 11.8 Å². The first kappa shape index (κ1) is 22.2. The Labute approximate surface area is 196 Å². The highest BCUT2D eigenvalue weighted by Gasteiger charge is 2.49. The van der Waals surface area contributed by atoms with Crippen LogP contribution in [0.25, 0.3) is 11.0 Å². The van der Waals surface area contributed by atoms with Crippen molar-refractivity contribution < 1.29 is 32.1 Å². The van der Waals surface area contributed by atoms with Crippen molar-refractivity contribution in [2.45, 2.75) is 30.0 Å². The van der Waals surface area contributed by atoms with Gasteiger partial charge in [-0.05, 0) is 5.56 Å². The highest BCUT2D eigenvalue weighted by molar-refractivity contribution is 7.98. The minimum atomic E-state index is -4.06. The number of nitrogens with zero attached hydrogens (tertiary/aromatic N) is 2. The Morgan fingerprint density at radius 3 is 2.74 bits per heavy atom. The zero-order valence-corrected chi connectivity index (χ0v) is 18.6. The number of rotatable bonds is 7. The third kappa shape index (κ3) is 4.56. The molecule has 1 N–H and O–H groups in total. The number of aromatic amines is 1. The molecule has 0 amide bonds. The van der Waals surface area contributed by atoms with Gasteiger partial charge in [0.15, 0.2) is 28.2 Å². The molecule has 176 valence electrons. The number of fused-ring (bicyclic) bond motifs is 2. The highest BCUT2D eigenvalue weighted by atomic mass is 32.2. The Balaban J connectivity index is 1.27. The predicted octanol–water partition coefficient (Wildman–Crippen LogP) is 5.50. The Kier molecular flexibility index (Phi) is 5.86. The third-order valence-electron chi connectivity index (χ3n) is 4.97. The maximum absolute atomic E-state index is 13.4. The normalized spacial score (nSPS) is 16.4. The van der Waals surface area contributed by atoms with Gasteiger partial charge in [-0.15, -0.1) is 0 Å². The number of benzene rings is 2. The van der Waals surface area contributed by atoms with Crippen molar-refractivity contribution in [3.63, 3.8) is 0 Å². The number of alkyl halides is 3. The number of methoxy groups -OCH3 is 1. The lowest BCUT2D eigenvalue weighted by molar-refractivity contribution is -0.281. The van der Waals surface area contributed by atoms with Crippen molar-refractivity contribution in [3.8, 4) is 23.0 Å². The first-order chi connectivity index (χ1) is 16.4. The molecule has 2 aromatic heterocycles. The minimum absolute atomic E-state index is 0.122. The highest BCUT2D eigenvalue weighted by Crippen LogP contribution is 2.42. The summed E-state index contributed by atoms with van der Waals surface area (Å²) in [6.45, 7) is 0.387. The molecule has 0 saturated carbocycles. The Morgan fingerprint density at radius 1 is 1.12 bits per heavy atom. The zero-order chi connectivity index (χ0) is 23.7. The van der Waals surface area contributed by atoms with Gasteiger partial charge in [0, 0.05) is 24.0 Å². The lowest BCUT2D eigenvalue weighted by atomic mass is 10.2. The number of H-pyrrole nitrogens is 1. The summed E-state index contributed by atoms with van der Waals surface area (Å²) in [6.07, 6.45) is -5.34. The van der Waals surface area contributed by atoms with Crippen LogP contribution < -0.4 is 18.9 Å². The Morgan fingerprint density at radius 2 is 1.94 bits per heavy atom. The van der Waals surface area contributed by atoms with Gasteiger partial charge in [0.05, 0.1) is 30.0 Å². The number of ether oxygens (including phenoxy) is 4. The summed E-state index contributed by atoms with van der Waals surface area (Å²) < 4.78 is 60.6. The molecule has 11 heteroatoms. The molecule has 34 heavy (non-hydrogen) atoms. The smallest absolute Gasteiger partial charge is 0.468 e. The summed E-state index contributed by atoms with van der Waals surface area (Å²) in [4.78, 5) is 11.9. The largest absolute Gasteiger partial charge is 0.493 e. The van der Waals surface area contributed by atoms with E-state index < -0.39 is 12.5 Å². The van der Waals surface area contributed by atoms with E-state index in [1.807, 2.05) is 30.3 Å². The fraction of sp³-hybridized carbons (Fsp3) is 0.217. The molecule has 1 atom stereocenters. The summed E-state index contributed by atoms with van der Waals surface area (Å²) in [6, 6.07) is 14.2. The molecule has 3 heterocycles. The average Bonchev–Trinajstić information content (AvgIpc) is 3.23. The first-order valence-electron chi connectivity index (χ1n) is 10.1. The van der Waals surface area contributed by atoms with Crippen LogP contribution in [-0.2, 0) is 12.4 Å². The van der Waals surface area contributed by atoms with Crippen molar-refractivity contribution in [2.75, 3.05) is 7.11 Å². The van der Waals surface area contributed by atoms with E-state index >= 15 is 0 Å². The molecule has 0 radical (unpaired) electrons. The number of hydrogen-bond acceptors (Lipinski definition) is 7. The second kappa shape index (κ2) is 8.98.